The molecule has 1 aliphatic heterocycles. The molecule has 9 heteroatoms. The van der Waals surface area contributed by atoms with Crippen LogP contribution in [0.1, 0.15) is 49.1 Å². The molecule has 8 nitrogen and oxygen atoms in total. The lowest BCUT2D eigenvalue weighted by molar-refractivity contribution is -0.124. The molecule has 31 heavy (non-hydrogen) atoms. The highest BCUT2D eigenvalue weighted by Crippen LogP contribution is 2.36. The van der Waals surface area contributed by atoms with Gasteiger partial charge in [-0.3, -0.25) is 14.5 Å². The third-order valence-corrected chi connectivity index (χ3v) is 5.55. The van der Waals surface area contributed by atoms with E-state index in [0.717, 1.165) is 11.8 Å². The Hall–Kier alpha value is -3.20. The van der Waals surface area contributed by atoms with Crippen LogP contribution in [0, 0.1) is 0 Å². The van der Waals surface area contributed by atoms with Gasteiger partial charge in [-0.25, -0.2) is 4.79 Å². The monoisotopic (exact) mass is 445 g/mol. The molecule has 3 rings (SSSR count). The van der Waals surface area contributed by atoms with E-state index >= 15 is 0 Å². The summed E-state index contributed by atoms with van der Waals surface area (Å²) in [6.45, 7) is 6.03. The minimum Gasteiger partial charge on any atom is -0.490 e. The lowest BCUT2D eigenvalue weighted by Crippen LogP contribution is -2.36. The number of carboxylic acid groups (broad SMARTS) is 1. The predicted molar refractivity (Wildman–Crippen MR) is 115 cm³/mol. The lowest BCUT2D eigenvalue weighted by atomic mass is 10.1. The quantitative estimate of drug-likeness (QED) is 0.549. The molecular weight excluding hydrogens is 422 g/mol. The summed E-state index contributed by atoms with van der Waals surface area (Å²) in [7, 11) is 0. The van der Waals surface area contributed by atoms with Gasteiger partial charge in [-0.2, -0.15) is 0 Å². The highest BCUT2D eigenvalue weighted by Gasteiger charge is 2.37. The summed E-state index contributed by atoms with van der Waals surface area (Å²) in [6.07, 6.45) is 2.35. The van der Waals surface area contributed by atoms with Crippen molar-refractivity contribution in [3.05, 3.63) is 52.3 Å². The van der Waals surface area contributed by atoms with Crippen LogP contribution < -0.4 is 9.47 Å². The lowest BCUT2D eigenvalue weighted by Gasteiger charge is -2.19. The molecule has 164 valence electrons. The number of rotatable bonds is 9. The Kier molecular flexibility index (Phi) is 7.06. The molecule has 1 aromatic carbocycles. The van der Waals surface area contributed by atoms with Crippen LogP contribution in [0.2, 0.25) is 0 Å². The number of carbonyl (C=O) groups is 3. The van der Waals surface area contributed by atoms with Gasteiger partial charge in [0.15, 0.2) is 11.5 Å². The van der Waals surface area contributed by atoms with Crippen LogP contribution in [0.15, 0.2) is 39.7 Å². The smallest absolute Gasteiger partial charge is 0.371 e. The number of furan rings is 1. The van der Waals surface area contributed by atoms with Crippen LogP contribution in [0.3, 0.4) is 0 Å². The van der Waals surface area contributed by atoms with Crippen molar-refractivity contribution >= 4 is 35.0 Å². The molecule has 1 aliphatic rings. The molecule has 2 aromatic rings. The van der Waals surface area contributed by atoms with Gasteiger partial charge in [0.1, 0.15) is 12.4 Å². The van der Waals surface area contributed by atoms with Gasteiger partial charge in [-0.1, -0.05) is 13.0 Å². The first kappa shape index (κ1) is 22.5. The van der Waals surface area contributed by atoms with Crippen molar-refractivity contribution in [1.82, 2.24) is 4.90 Å². The van der Waals surface area contributed by atoms with E-state index < -0.39 is 5.97 Å². The van der Waals surface area contributed by atoms with Crippen LogP contribution >= 0.6 is 11.8 Å². The van der Waals surface area contributed by atoms with Crippen LogP contribution in [-0.2, 0) is 11.4 Å². The largest absolute Gasteiger partial charge is 0.490 e. The third kappa shape index (κ3) is 5.11. The Morgan fingerprint density at radius 3 is 2.61 bits per heavy atom. The summed E-state index contributed by atoms with van der Waals surface area (Å²) >= 11 is 0.922. The maximum absolute atomic E-state index is 12.6. The van der Waals surface area contributed by atoms with Crippen LogP contribution in [0.5, 0.6) is 11.5 Å². The van der Waals surface area contributed by atoms with Crippen LogP contribution in [0.25, 0.3) is 6.08 Å². The van der Waals surface area contributed by atoms with Crippen molar-refractivity contribution in [2.45, 2.75) is 39.8 Å². The van der Waals surface area contributed by atoms with E-state index in [2.05, 4.69) is 0 Å². The topological polar surface area (TPSA) is 106 Å². The molecule has 0 radical (unpaired) electrons. The molecule has 0 saturated carbocycles. The van der Waals surface area contributed by atoms with E-state index in [-0.39, 0.29) is 29.6 Å². The van der Waals surface area contributed by atoms with Crippen LogP contribution in [0.4, 0.5) is 4.79 Å². The molecule has 1 unspecified atom stereocenters. The summed E-state index contributed by atoms with van der Waals surface area (Å²) in [5.74, 6) is -0.339. The molecule has 0 spiro atoms. The van der Waals surface area contributed by atoms with Crippen molar-refractivity contribution in [2.24, 2.45) is 0 Å². The molecule has 1 atom stereocenters. The average Bonchev–Trinajstić information content (AvgIpc) is 3.32. The van der Waals surface area contributed by atoms with Gasteiger partial charge in [0, 0.05) is 6.04 Å². The fourth-order valence-corrected chi connectivity index (χ4v) is 3.85. The molecule has 2 heterocycles. The number of aromatic carboxylic acids is 1. The first-order valence-corrected chi connectivity index (χ1v) is 10.6. The van der Waals surface area contributed by atoms with Gasteiger partial charge in [0.05, 0.1) is 11.5 Å². The van der Waals surface area contributed by atoms with E-state index in [4.69, 9.17) is 19.0 Å². The maximum atomic E-state index is 12.6. The second-order valence-corrected chi connectivity index (χ2v) is 7.80. The van der Waals surface area contributed by atoms with Crippen molar-refractivity contribution in [2.75, 3.05) is 6.61 Å². The Balaban J connectivity index is 1.78. The van der Waals surface area contributed by atoms with Gasteiger partial charge in [-0.15, -0.1) is 0 Å². The first-order valence-electron chi connectivity index (χ1n) is 9.82. The minimum atomic E-state index is -1.15. The van der Waals surface area contributed by atoms with Crippen molar-refractivity contribution in [3.8, 4) is 11.5 Å². The number of ether oxygens (including phenoxy) is 2. The number of hydrogen-bond donors (Lipinski definition) is 1. The molecule has 1 saturated heterocycles. The molecule has 1 N–H and O–H groups in total. The standard InChI is InChI=1S/C22H23NO7S/c1-4-13(3)23-20(24)19(31-22(23)27)11-14-6-8-16(18(10-14)28-5-2)29-12-15-7-9-17(30-15)21(25)26/h6-11,13H,4-5,12H2,1-3H3,(H,25,26). The van der Waals surface area contributed by atoms with Crippen molar-refractivity contribution in [1.29, 1.82) is 0 Å². The normalized spacial score (nSPS) is 16.1. The van der Waals surface area contributed by atoms with Crippen molar-refractivity contribution < 1.29 is 33.4 Å². The number of imide groups is 1. The minimum absolute atomic E-state index is 0.0283. The first-order chi connectivity index (χ1) is 14.8. The Bertz CT molecular complexity index is 1030. The Morgan fingerprint density at radius 2 is 1.97 bits per heavy atom. The highest BCUT2D eigenvalue weighted by atomic mass is 32.2. The Morgan fingerprint density at radius 1 is 1.19 bits per heavy atom. The molecule has 0 bridgehead atoms. The average molecular weight is 445 g/mol. The van der Waals surface area contributed by atoms with E-state index in [1.807, 2.05) is 20.8 Å². The number of carboxylic acids is 1. The summed E-state index contributed by atoms with van der Waals surface area (Å²) < 4.78 is 16.6. The van der Waals surface area contributed by atoms with Gasteiger partial charge in [0.2, 0.25) is 5.76 Å². The molecule has 1 aromatic heterocycles. The molecule has 2 amide bonds. The summed E-state index contributed by atoms with van der Waals surface area (Å²) in [5.41, 5.74) is 0.691. The van der Waals surface area contributed by atoms with Gasteiger partial charge >= 0.3 is 5.97 Å². The van der Waals surface area contributed by atoms with Crippen molar-refractivity contribution in [3.63, 3.8) is 0 Å². The summed E-state index contributed by atoms with van der Waals surface area (Å²) in [5, 5.41) is 8.66. The number of benzene rings is 1. The van der Waals surface area contributed by atoms with E-state index in [9.17, 15) is 14.4 Å². The van der Waals surface area contributed by atoms with E-state index in [1.54, 1.807) is 24.3 Å². The number of amides is 2. The number of thioether (sulfide) groups is 1. The predicted octanol–water partition coefficient (Wildman–Crippen LogP) is 4.79. The molecule has 0 aliphatic carbocycles. The third-order valence-electron chi connectivity index (χ3n) is 4.66. The molecular formula is C22H23NO7S. The van der Waals surface area contributed by atoms with E-state index in [0.29, 0.717) is 40.8 Å². The second-order valence-electron chi connectivity index (χ2n) is 6.81. The van der Waals surface area contributed by atoms with Gasteiger partial charge in [-0.05, 0) is 67.9 Å². The fourth-order valence-electron chi connectivity index (χ4n) is 2.92. The fraction of sp³-hybridized carbons (Fsp3) is 0.318. The second kappa shape index (κ2) is 9.74. The zero-order chi connectivity index (χ0) is 22.5. The van der Waals surface area contributed by atoms with Gasteiger partial charge < -0.3 is 19.0 Å². The zero-order valence-electron chi connectivity index (χ0n) is 17.4. The van der Waals surface area contributed by atoms with E-state index in [1.165, 1.54) is 17.0 Å². The number of carbonyl (C=O) groups excluding carboxylic acids is 2. The zero-order valence-corrected chi connectivity index (χ0v) is 18.2. The van der Waals surface area contributed by atoms with Gasteiger partial charge in [0.25, 0.3) is 11.1 Å². The highest BCUT2D eigenvalue weighted by molar-refractivity contribution is 8.18. The summed E-state index contributed by atoms with van der Waals surface area (Å²) in [4.78, 5) is 37.4. The SMILES string of the molecule is CCOc1cc(C=C2SC(=O)N(C(C)CC)C2=O)ccc1OCc1ccc(C(=O)O)o1. The van der Waals surface area contributed by atoms with Crippen LogP contribution in [-0.4, -0.2) is 39.8 Å². The summed E-state index contributed by atoms with van der Waals surface area (Å²) in [6, 6.07) is 7.90. The number of hydrogen-bond acceptors (Lipinski definition) is 7. The maximum Gasteiger partial charge on any atom is 0.371 e. The Labute approximate surface area is 183 Å². The number of nitrogens with zero attached hydrogens (tertiary/aromatic N) is 1. The molecule has 1 fully saturated rings.